The summed E-state index contributed by atoms with van der Waals surface area (Å²) in [5, 5.41) is 6.12. The monoisotopic (exact) mass is 434 g/mol. The van der Waals surface area contributed by atoms with Crippen LogP contribution in [0.25, 0.3) is 11.1 Å². The Kier molecular flexibility index (Phi) is 5.57. The number of nitrogens with one attached hydrogen (secondary N) is 2. The van der Waals surface area contributed by atoms with Crippen molar-refractivity contribution >= 4 is 23.3 Å². The molecule has 1 heterocycles. The lowest BCUT2D eigenvalue weighted by Crippen LogP contribution is -2.47. The largest absolute Gasteiger partial charge is 0.496 e. The lowest BCUT2D eigenvalue weighted by molar-refractivity contribution is -0.119. The third-order valence-corrected chi connectivity index (χ3v) is 5.38. The number of methoxy groups -OCH3 is 1. The van der Waals surface area contributed by atoms with Gasteiger partial charge in [0, 0.05) is 11.1 Å². The number of hydrogen-bond acceptors (Lipinski definition) is 5. The fourth-order valence-corrected chi connectivity index (χ4v) is 3.65. The number of carbonyl (C=O) groups excluding carboxylic acids is 2. The molecule has 7 heteroatoms. The Morgan fingerprint density at radius 1 is 1.03 bits per heavy atom. The van der Waals surface area contributed by atoms with E-state index in [1.807, 2.05) is 6.07 Å². The zero-order valence-corrected chi connectivity index (χ0v) is 18.0. The average molecular weight is 434 g/mol. The van der Waals surface area contributed by atoms with Crippen LogP contribution in [0.5, 0.6) is 5.75 Å². The van der Waals surface area contributed by atoms with Gasteiger partial charge in [0.1, 0.15) is 23.7 Å². The molecule has 4 rings (SSSR count). The normalized spacial score (nSPS) is 14.1. The van der Waals surface area contributed by atoms with Crippen LogP contribution in [0.4, 0.5) is 15.8 Å². The van der Waals surface area contributed by atoms with E-state index in [9.17, 15) is 14.0 Å². The molecule has 0 bridgehead atoms. The average Bonchev–Trinajstić information content (AvgIpc) is 2.78. The maximum atomic E-state index is 14.1. The van der Waals surface area contributed by atoms with Crippen molar-refractivity contribution in [1.29, 1.82) is 0 Å². The highest BCUT2D eigenvalue weighted by Gasteiger charge is 2.35. The van der Waals surface area contributed by atoms with Crippen molar-refractivity contribution in [2.75, 3.05) is 17.7 Å². The standard InChI is InChI=1S/C25H23FN2O4/c1-25(2)24(30)27-22-19(14-32-23(29)15-7-5-4-6-8-15)17(10-11-20(22)28-25)18-13-16(26)9-12-21(18)31-3/h4-13,28H,14H2,1-3H3,(H,27,30). The second kappa shape index (κ2) is 8.34. The van der Waals surface area contributed by atoms with E-state index in [0.717, 1.165) is 0 Å². The number of rotatable bonds is 5. The number of halogens is 1. The quantitative estimate of drug-likeness (QED) is 0.553. The SMILES string of the molecule is COc1ccc(F)cc1-c1ccc2c(c1COC(=O)c1ccccc1)NC(=O)C(C)(C)N2. The van der Waals surface area contributed by atoms with Crippen molar-refractivity contribution in [3.63, 3.8) is 0 Å². The van der Waals surface area contributed by atoms with Gasteiger partial charge in [-0.15, -0.1) is 0 Å². The summed E-state index contributed by atoms with van der Waals surface area (Å²) in [6, 6.07) is 16.4. The van der Waals surface area contributed by atoms with Gasteiger partial charge in [0.25, 0.3) is 0 Å². The lowest BCUT2D eigenvalue weighted by atomic mass is 9.93. The van der Waals surface area contributed by atoms with E-state index in [4.69, 9.17) is 9.47 Å². The van der Waals surface area contributed by atoms with E-state index in [0.29, 0.717) is 39.4 Å². The first-order chi connectivity index (χ1) is 15.3. The number of carbonyl (C=O) groups is 2. The van der Waals surface area contributed by atoms with Crippen LogP contribution in [-0.4, -0.2) is 24.5 Å². The van der Waals surface area contributed by atoms with Gasteiger partial charge in [0.05, 0.1) is 24.0 Å². The van der Waals surface area contributed by atoms with E-state index in [-0.39, 0.29) is 12.5 Å². The Morgan fingerprint density at radius 3 is 2.50 bits per heavy atom. The van der Waals surface area contributed by atoms with Crippen molar-refractivity contribution in [2.45, 2.75) is 26.0 Å². The summed E-state index contributed by atoms with van der Waals surface area (Å²) in [4.78, 5) is 25.2. The molecule has 0 saturated heterocycles. The molecule has 1 aliphatic heterocycles. The minimum Gasteiger partial charge on any atom is -0.496 e. The van der Waals surface area contributed by atoms with Crippen LogP contribution in [0.2, 0.25) is 0 Å². The molecule has 2 N–H and O–H groups in total. The van der Waals surface area contributed by atoms with Crippen LogP contribution in [-0.2, 0) is 16.1 Å². The fraction of sp³-hybridized carbons (Fsp3) is 0.200. The Bertz CT molecular complexity index is 1190. The van der Waals surface area contributed by atoms with E-state index in [1.54, 1.807) is 50.2 Å². The minimum atomic E-state index is -0.816. The van der Waals surface area contributed by atoms with Crippen LogP contribution in [0.15, 0.2) is 60.7 Å². The number of hydrogen-bond donors (Lipinski definition) is 2. The van der Waals surface area contributed by atoms with Crippen molar-refractivity contribution in [1.82, 2.24) is 0 Å². The number of fused-ring (bicyclic) bond motifs is 1. The summed E-state index contributed by atoms with van der Waals surface area (Å²) >= 11 is 0. The molecule has 0 aromatic heterocycles. The first kappa shape index (κ1) is 21.4. The van der Waals surface area contributed by atoms with Gasteiger partial charge in [-0.3, -0.25) is 4.79 Å². The number of amides is 1. The number of benzene rings is 3. The van der Waals surface area contributed by atoms with Gasteiger partial charge in [-0.25, -0.2) is 9.18 Å². The molecule has 0 saturated carbocycles. The molecule has 1 amide bonds. The number of ether oxygens (including phenoxy) is 2. The van der Waals surface area contributed by atoms with Gasteiger partial charge < -0.3 is 20.1 Å². The molecule has 0 atom stereocenters. The third kappa shape index (κ3) is 4.01. The van der Waals surface area contributed by atoms with Crippen LogP contribution in [0, 0.1) is 5.82 Å². The zero-order chi connectivity index (χ0) is 22.9. The molecular formula is C25H23FN2O4. The van der Waals surface area contributed by atoms with Crippen molar-refractivity contribution in [2.24, 2.45) is 0 Å². The maximum absolute atomic E-state index is 14.1. The van der Waals surface area contributed by atoms with Gasteiger partial charge in [0.2, 0.25) is 5.91 Å². The fourth-order valence-electron chi connectivity index (χ4n) is 3.65. The Labute approximate surface area is 185 Å². The predicted octanol–water partition coefficient (Wildman–Crippen LogP) is 5.00. The van der Waals surface area contributed by atoms with Crippen LogP contribution < -0.4 is 15.4 Å². The highest BCUT2D eigenvalue weighted by atomic mass is 19.1. The van der Waals surface area contributed by atoms with Gasteiger partial charge >= 0.3 is 5.97 Å². The van der Waals surface area contributed by atoms with E-state index in [1.165, 1.54) is 25.3 Å². The molecule has 6 nitrogen and oxygen atoms in total. The smallest absolute Gasteiger partial charge is 0.338 e. The highest BCUT2D eigenvalue weighted by molar-refractivity contribution is 6.07. The summed E-state index contributed by atoms with van der Waals surface area (Å²) in [6.45, 7) is 3.40. The minimum absolute atomic E-state index is 0.131. The van der Waals surface area contributed by atoms with Crippen LogP contribution in [0.3, 0.4) is 0 Å². The summed E-state index contributed by atoms with van der Waals surface area (Å²) in [5.41, 5.74) is 2.36. The first-order valence-corrected chi connectivity index (χ1v) is 10.1. The Morgan fingerprint density at radius 2 is 1.78 bits per heavy atom. The van der Waals surface area contributed by atoms with E-state index in [2.05, 4.69) is 10.6 Å². The second-order valence-electron chi connectivity index (χ2n) is 8.01. The number of anilines is 2. The van der Waals surface area contributed by atoms with Gasteiger partial charge in [-0.05, 0) is 55.8 Å². The van der Waals surface area contributed by atoms with Crippen molar-refractivity contribution < 1.29 is 23.5 Å². The summed E-state index contributed by atoms with van der Waals surface area (Å²) < 4.78 is 25.1. The Balaban J connectivity index is 1.81. The van der Waals surface area contributed by atoms with Crippen molar-refractivity contribution in [3.8, 4) is 16.9 Å². The molecule has 32 heavy (non-hydrogen) atoms. The maximum Gasteiger partial charge on any atom is 0.338 e. The summed E-state index contributed by atoms with van der Waals surface area (Å²) in [6.07, 6.45) is 0. The van der Waals surface area contributed by atoms with Crippen molar-refractivity contribution in [3.05, 3.63) is 77.6 Å². The molecular weight excluding hydrogens is 411 g/mol. The van der Waals surface area contributed by atoms with Gasteiger partial charge in [-0.1, -0.05) is 24.3 Å². The molecule has 1 aliphatic rings. The van der Waals surface area contributed by atoms with Crippen LogP contribution in [0.1, 0.15) is 29.8 Å². The van der Waals surface area contributed by atoms with Gasteiger partial charge in [0.15, 0.2) is 0 Å². The molecule has 0 spiro atoms. The Hall–Kier alpha value is -3.87. The number of esters is 1. The van der Waals surface area contributed by atoms with Crippen LogP contribution >= 0.6 is 0 Å². The predicted molar refractivity (Wildman–Crippen MR) is 120 cm³/mol. The molecule has 0 radical (unpaired) electrons. The molecule has 3 aromatic carbocycles. The molecule has 164 valence electrons. The molecule has 0 aliphatic carbocycles. The molecule has 0 fully saturated rings. The zero-order valence-electron chi connectivity index (χ0n) is 18.0. The van der Waals surface area contributed by atoms with E-state index >= 15 is 0 Å². The van der Waals surface area contributed by atoms with E-state index < -0.39 is 17.3 Å². The third-order valence-electron chi connectivity index (χ3n) is 5.38. The highest BCUT2D eigenvalue weighted by Crippen LogP contribution is 2.42. The lowest BCUT2D eigenvalue weighted by Gasteiger charge is -2.34. The molecule has 3 aromatic rings. The second-order valence-corrected chi connectivity index (χ2v) is 8.01. The molecule has 0 unspecified atom stereocenters. The summed E-state index contributed by atoms with van der Waals surface area (Å²) in [5.74, 6) is -0.716. The van der Waals surface area contributed by atoms with Gasteiger partial charge in [-0.2, -0.15) is 0 Å². The first-order valence-electron chi connectivity index (χ1n) is 10.1. The topological polar surface area (TPSA) is 76.7 Å². The summed E-state index contributed by atoms with van der Waals surface area (Å²) in [7, 11) is 1.50.